The fourth-order valence-electron chi connectivity index (χ4n) is 2.05. The van der Waals surface area contributed by atoms with Gasteiger partial charge in [-0.3, -0.25) is 4.79 Å². The predicted octanol–water partition coefficient (Wildman–Crippen LogP) is 2.88. The average molecular weight is 362 g/mol. The Hall–Kier alpha value is -2.38. The highest BCUT2D eigenvalue weighted by Gasteiger charge is 2.14. The van der Waals surface area contributed by atoms with E-state index in [0.29, 0.717) is 29.5 Å². The van der Waals surface area contributed by atoms with Gasteiger partial charge in [-0.25, -0.2) is 13.1 Å². The molecule has 0 saturated heterocycles. The molecule has 0 saturated carbocycles. The first-order chi connectivity index (χ1) is 11.8. The summed E-state index contributed by atoms with van der Waals surface area (Å²) in [6, 6.07) is 12.9. The Balaban J connectivity index is 2.15. The minimum atomic E-state index is -3.52. The van der Waals surface area contributed by atoms with Crippen LogP contribution in [-0.2, 0) is 10.0 Å². The van der Waals surface area contributed by atoms with E-state index in [1.165, 1.54) is 31.3 Å². The lowest BCUT2D eigenvalue weighted by atomic mass is 10.2. The highest BCUT2D eigenvalue weighted by atomic mass is 32.2. The first kappa shape index (κ1) is 19.0. The zero-order valence-corrected chi connectivity index (χ0v) is 15.3. The van der Waals surface area contributed by atoms with Crippen LogP contribution >= 0.6 is 0 Å². The van der Waals surface area contributed by atoms with Gasteiger partial charge in [0.25, 0.3) is 5.91 Å². The molecule has 0 heterocycles. The van der Waals surface area contributed by atoms with E-state index in [2.05, 4.69) is 10.0 Å². The van der Waals surface area contributed by atoms with E-state index in [-0.39, 0.29) is 10.8 Å². The van der Waals surface area contributed by atoms with Crippen molar-refractivity contribution in [1.82, 2.24) is 4.72 Å². The van der Waals surface area contributed by atoms with Crippen LogP contribution in [0.2, 0.25) is 0 Å². The lowest BCUT2D eigenvalue weighted by Gasteiger charge is -2.14. The van der Waals surface area contributed by atoms with Gasteiger partial charge in [-0.15, -0.1) is 0 Å². The molecule has 2 aromatic rings. The van der Waals surface area contributed by atoms with Gasteiger partial charge in [0, 0.05) is 5.56 Å². The molecule has 0 radical (unpaired) electrons. The zero-order valence-electron chi connectivity index (χ0n) is 14.4. The van der Waals surface area contributed by atoms with Crippen molar-refractivity contribution in [1.29, 1.82) is 0 Å². The van der Waals surface area contributed by atoms with Crippen molar-refractivity contribution < 1.29 is 17.9 Å². The van der Waals surface area contributed by atoms with Crippen LogP contribution in [-0.4, -0.2) is 28.0 Å². The molecule has 2 rings (SSSR count). The van der Waals surface area contributed by atoms with Gasteiger partial charge < -0.3 is 10.1 Å². The van der Waals surface area contributed by atoms with Gasteiger partial charge in [0.1, 0.15) is 5.75 Å². The lowest BCUT2D eigenvalue weighted by Crippen LogP contribution is -2.19. The molecule has 0 unspecified atom stereocenters. The maximum atomic E-state index is 12.4. The summed E-state index contributed by atoms with van der Waals surface area (Å²) in [6.07, 6.45) is 0. The highest BCUT2D eigenvalue weighted by molar-refractivity contribution is 7.89. The molecular formula is C18H22N2O4S. The Kier molecular flexibility index (Phi) is 6.17. The number of ether oxygens (including phenoxy) is 1. The van der Waals surface area contributed by atoms with E-state index >= 15 is 0 Å². The number of anilines is 1. The van der Waals surface area contributed by atoms with Crippen molar-refractivity contribution in [2.75, 3.05) is 19.0 Å². The summed E-state index contributed by atoms with van der Waals surface area (Å²) in [4.78, 5) is 12.5. The second kappa shape index (κ2) is 8.13. The molecule has 1 amide bonds. The highest BCUT2D eigenvalue weighted by Crippen LogP contribution is 2.25. The second-order valence-corrected chi connectivity index (χ2v) is 7.77. The fourth-order valence-corrected chi connectivity index (χ4v) is 2.78. The number of benzene rings is 2. The zero-order chi connectivity index (χ0) is 18.4. The SMILES string of the molecule is CNS(=O)(=O)c1ccc(C(=O)Nc2ccccc2OCC(C)C)cc1. The molecule has 25 heavy (non-hydrogen) atoms. The van der Waals surface area contributed by atoms with Crippen molar-refractivity contribution in [2.45, 2.75) is 18.7 Å². The Bertz CT molecular complexity index is 830. The number of nitrogens with one attached hydrogen (secondary N) is 2. The number of hydrogen-bond acceptors (Lipinski definition) is 4. The van der Waals surface area contributed by atoms with Crippen molar-refractivity contribution in [3.8, 4) is 5.75 Å². The first-order valence-electron chi connectivity index (χ1n) is 7.90. The molecule has 7 heteroatoms. The van der Waals surface area contributed by atoms with E-state index in [1.54, 1.807) is 18.2 Å². The molecule has 0 aliphatic carbocycles. The van der Waals surface area contributed by atoms with Crippen molar-refractivity contribution in [2.24, 2.45) is 5.92 Å². The summed E-state index contributed by atoms with van der Waals surface area (Å²) in [5.74, 6) is 0.623. The van der Waals surface area contributed by atoms with E-state index in [1.807, 2.05) is 19.9 Å². The Morgan fingerprint density at radius 3 is 2.32 bits per heavy atom. The maximum absolute atomic E-state index is 12.4. The standard InChI is InChI=1S/C18H22N2O4S/c1-13(2)12-24-17-7-5-4-6-16(17)20-18(21)14-8-10-15(11-9-14)25(22,23)19-3/h4-11,13,19H,12H2,1-3H3,(H,20,21). The molecule has 0 aliphatic heterocycles. The van der Waals surface area contributed by atoms with Crippen LogP contribution in [0.3, 0.4) is 0 Å². The van der Waals surface area contributed by atoms with Gasteiger partial charge in [-0.2, -0.15) is 0 Å². The van der Waals surface area contributed by atoms with Gasteiger partial charge in [0.05, 0.1) is 17.2 Å². The Morgan fingerprint density at radius 2 is 1.72 bits per heavy atom. The van der Waals surface area contributed by atoms with Crippen LogP contribution < -0.4 is 14.8 Å². The predicted molar refractivity (Wildman–Crippen MR) is 97.4 cm³/mol. The number of carbonyl (C=O) groups is 1. The van der Waals surface area contributed by atoms with Crippen molar-refractivity contribution in [3.05, 3.63) is 54.1 Å². The second-order valence-electron chi connectivity index (χ2n) is 5.89. The number of para-hydroxylation sites is 2. The largest absolute Gasteiger partial charge is 0.491 e. The quantitative estimate of drug-likeness (QED) is 0.793. The van der Waals surface area contributed by atoms with E-state index in [0.717, 1.165) is 0 Å². The third kappa shape index (κ3) is 5.04. The molecule has 2 aromatic carbocycles. The smallest absolute Gasteiger partial charge is 0.255 e. The van der Waals surface area contributed by atoms with Gasteiger partial charge in [-0.1, -0.05) is 26.0 Å². The van der Waals surface area contributed by atoms with Crippen LogP contribution in [0.4, 0.5) is 5.69 Å². The van der Waals surface area contributed by atoms with Crippen LogP contribution in [0.5, 0.6) is 5.75 Å². The first-order valence-corrected chi connectivity index (χ1v) is 9.38. The molecular weight excluding hydrogens is 340 g/mol. The Morgan fingerprint density at radius 1 is 1.08 bits per heavy atom. The molecule has 0 aliphatic rings. The van der Waals surface area contributed by atoms with Crippen molar-refractivity contribution in [3.63, 3.8) is 0 Å². The summed E-state index contributed by atoms with van der Waals surface area (Å²) in [6.45, 7) is 4.63. The number of amides is 1. The van der Waals surface area contributed by atoms with Gasteiger partial charge >= 0.3 is 0 Å². The molecule has 0 aromatic heterocycles. The van der Waals surface area contributed by atoms with Gasteiger partial charge in [-0.05, 0) is 49.4 Å². The summed E-state index contributed by atoms with van der Waals surface area (Å²) >= 11 is 0. The van der Waals surface area contributed by atoms with E-state index < -0.39 is 10.0 Å². The topological polar surface area (TPSA) is 84.5 Å². The molecule has 134 valence electrons. The van der Waals surface area contributed by atoms with Crippen LogP contribution in [0.1, 0.15) is 24.2 Å². The normalized spacial score (nSPS) is 11.4. The molecule has 0 spiro atoms. The minimum absolute atomic E-state index is 0.104. The monoisotopic (exact) mass is 362 g/mol. The number of hydrogen-bond donors (Lipinski definition) is 2. The summed E-state index contributed by atoms with van der Waals surface area (Å²) in [5.41, 5.74) is 0.925. The molecule has 0 bridgehead atoms. The summed E-state index contributed by atoms with van der Waals surface area (Å²) in [5, 5.41) is 2.79. The van der Waals surface area contributed by atoms with Crippen molar-refractivity contribution >= 4 is 21.6 Å². The summed E-state index contributed by atoms with van der Waals surface area (Å²) < 4.78 is 31.4. The number of rotatable bonds is 7. The molecule has 2 N–H and O–H groups in total. The Labute approximate surface area is 148 Å². The third-order valence-electron chi connectivity index (χ3n) is 3.40. The molecule has 6 nitrogen and oxygen atoms in total. The van der Waals surface area contributed by atoms with E-state index in [4.69, 9.17) is 4.74 Å². The van der Waals surface area contributed by atoms with Crippen LogP contribution in [0, 0.1) is 5.92 Å². The van der Waals surface area contributed by atoms with E-state index in [9.17, 15) is 13.2 Å². The lowest BCUT2D eigenvalue weighted by molar-refractivity contribution is 0.102. The van der Waals surface area contributed by atoms with Crippen LogP contribution in [0.25, 0.3) is 0 Å². The minimum Gasteiger partial charge on any atom is -0.491 e. The van der Waals surface area contributed by atoms with Crippen LogP contribution in [0.15, 0.2) is 53.4 Å². The average Bonchev–Trinajstić information content (AvgIpc) is 2.61. The van der Waals surface area contributed by atoms with Gasteiger partial charge in [0.2, 0.25) is 10.0 Å². The maximum Gasteiger partial charge on any atom is 0.255 e. The fraction of sp³-hybridized carbons (Fsp3) is 0.278. The number of carbonyl (C=O) groups excluding carboxylic acids is 1. The third-order valence-corrected chi connectivity index (χ3v) is 4.83. The molecule has 0 atom stereocenters. The van der Waals surface area contributed by atoms with Gasteiger partial charge in [0.15, 0.2) is 0 Å². The number of sulfonamides is 1. The molecule has 0 fully saturated rings. The summed E-state index contributed by atoms with van der Waals surface area (Å²) in [7, 11) is -2.19.